The highest BCUT2D eigenvalue weighted by Crippen LogP contribution is 2.23. The molecule has 1 aromatic carbocycles. The smallest absolute Gasteiger partial charge is 0.0424 e. The Hall–Kier alpha value is -0.240. The third kappa shape index (κ3) is 2.37. The predicted molar refractivity (Wildman–Crippen MR) is 53.7 cm³/mol. The lowest BCUT2D eigenvalue weighted by Gasteiger charge is -2.09. The Bertz CT molecular complexity index is 253. The van der Waals surface area contributed by atoms with Gasteiger partial charge >= 0.3 is 0 Å². The molecule has 0 saturated carbocycles. The summed E-state index contributed by atoms with van der Waals surface area (Å²) in [7, 11) is 0. The molecule has 0 bridgehead atoms. The number of halogens is 2. The summed E-state index contributed by atoms with van der Waals surface area (Å²) in [4.78, 5) is 0. The highest BCUT2D eigenvalue weighted by atomic mass is 35.5. The monoisotopic (exact) mass is 203 g/mol. The SMILES string of the molecule is CC[C@H](N)c1cc(Cl)cc(Cl)c1. The molecule has 1 aromatic rings. The average molecular weight is 204 g/mol. The summed E-state index contributed by atoms with van der Waals surface area (Å²) in [6, 6.07) is 5.43. The highest BCUT2D eigenvalue weighted by molar-refractivity contribution is 6.34. The second-order valence-electron chi connectivity index (χ2n) is 2.72. The molecule has 0 amide bonds. The van der Waals surface area contributed by atoms with Crippen molar-refractivity contribution in [3.05, 3.63) is 33.8 Å². The Morgan fingerprint density at radius 1 is 1.25 bits per heavy atom. The molecule has 1 nitrogen and oxygen atoms in total. The van der Waals surface area contributed by atoms with E-state index in [1.165, 1.54) is 0 Å². The molecule has 0 heterocycles. The van der Waals surface area contributed by atoms with Crippen LogP contribution in [-0.2, 0) is 0 Å². The van der Waals surface area contributed by atoms with Crippen LogP contribution in [0.3, 0.4) is 0 Å². The molecule has 12 heavy (non-hydrogen) atoms. The number of hydrogen-bond acceptors (Lipinski definition) is 1. The minimum Gasteiger partial charge on any atom is -0.324 e. The van der Waals surface area contributed by atoms with Crippen LogP contribution in [0.25, 0.3) is 0 Å². The fourth-order valence-corrected chi connectivity index (χ4v) is 1.57. The van der Waals surface area contributed by atoms with Gasteiger partial charge in [0.25, 0.3) is 0 Å². The van der Waals surface area contributed by atoms with Crippen molar-refractivity contribution in [2.45, 2.75) is 19.4 Å². The molecule has 1 atom stereocenters. The van der Waals surface area contributed by atoms with E-state index >= 15 is 0 Å². The van der Waals surface area contributed by atoms with Crippen molar-refractivity contribution in [3.8, 4) is 0 Å². The second kappa shape index (κ2) is 4.13. The molecule has 0 unspecified atom stereocenters. The Kier molecular flexibility index (Phi) is 3.39. The number of rotatable bonds is 2. The molecule has 0 aliphatic carbocycles. The topological polar surface area (TPSA) is 26.0 Å². The zero-order valence-corrected chi connectivity index (χ0v) is 8.36. The zero-order chi connectivity index (χ0) is 9.14. The standard InChI is InChI=1S/C9H11Cl2N/c1-2-9(12)6-3-7(10)5-8(11)4-6/h3-5,9H,2,12H2,1H3/t9-/m0/s1. The number of nitrogens with two attached hydrogens (primary N) is 1. The number of hydrogen-bond donors (Lipinski definition) is 1. The molecule has 66 valence electrons. The molecule has 1 rings (SSSR count). The van der Waals surface area contributed by atoms with Crippen molar-refractivity contribution in [1.82, 2.24) is 0 Å². The lowest BCUT2D eigenvalue weighted by molar-refractivity contribution is 0.699. The first-order chi connectivity index (χ1) is 5.63. The minimum atomic E-state index is 0.0289. The highest BCUT2D eigenvalue weighted by Gasteiger charge is 2.04. The summed E-state index contributed by atoms with van der Waals surface area (Å²) in [5.74, 6) is 0. The van der Waals surface area contributed by atoms with E-state index in [1.54, 1.807) is 6.07 Å². The van der Waals surface area contributed by atoms with Gasteiger partial charge in [-0.2, -0.15) is 0 Å². The fraction of sp³-hybridized carbons (Fsp3) is 0.333. The van der Waals surface area contributed by atoms with Crippen molar-refractivity contribution < 1.29 is 0 Å². The van der Waals surface area contributed by atoms with E-state index in [0.29, 0.717) is 10.0 Å². The molecule has 0 aliphatic heterocycles. The van der Waals surface area contributed by atoms with Crippen molar-refractivity contribution in [2.75, 3.05) is 0 Å². The third-order valence-electron chi connectivity index (χ3n) is 1.75. The van der Waals surface area contributed by atoms with E-state index in [4.69, 9.17) is 28.9 Å². The lowest BCUT2D eigenvalue weighted by atomic mass is 10.1. The van der Waals surface area contributed by atoms with Crippen LogP contribution < -0.4 is 5.73 Å². The van der Waals surface area contributed by atoms with Crippen molar-refractivity contribution >= 4 is 23.2 Å². The quantitative estimate of drug-likeness (QED) is 0.784. The van der Waals surface area contributed by atoms with Crippen LogP contribution >= 0.6 is 23.2 Å². The summed E-state index contributed by atoms with van der Waals surface area (Å²) >= 11 is 11.6. The van der Waals surface area contributed by atoms with Gasteiger partial charge in [-0.15, -0.1) is 0 Å². The van der Waals surface area contributed by atoms with Crippen LogP contribution in [0, 0.1) is 0 Å². The third-order valence-corrected chi connectivity index (χ3v) is 2.19. The van der Waals surface area contributed by atoms with Gasteiger partial charge in [-0.25, -0.2) is 0 Å². The van der Waals surface area contributed by atoms with Crippen LogP contribution in [0.2, 0.25) is 10.0 Å². The molecule has 0 aromatic heterocycles. The van der Waals surface area contributed by atoms with Crippen LogP contribution in [0.4, 0.5) is 0 Å². The van der Waals surface area contributed by atoms with Gasteiger partial charge in [-0.1, -0.05) is 30.1 Å². The Labute approximate surface area is 82.5 Å². The van der Waals surface area contributed by atoms with Crippen molar-refractivity contribution in [2.24, 2.45) is 5.73 Å². The molecule has 0 spiro atoms. The normalized spacial score (nSPS) is 13.0. The predicted octanol–water partition coefficient (Wildman–Crippen LogP) is 3.40. The van der Waals surface area contributed by atoms with E-state index in [9.17, 15) is 0 Å². The Balaban J connectivity index is 3.00. The summed E-state index contributed by atoms with van der Waals surface area (Å²) < 4.78 is 0. The molecular formula is C9H11Cl2N. The minimum absolute atomic E-state index is 0.0289. The Morgan fingerprint density at radius 3 is 2.17 bits per heavy atom. The first kappa shape index (κ1) is 9.85. The summed E-state index contributed by atoms with van der Waals surface area (Å²) in [6.07, 6.45) is 0.886. The van der Waals surface area contributed by atoms with Gasteiger partial charge in [0.2, 0.25) is 0 Å². The largest absolute Gasteiger partial charge is 0.324 e. The van der Waals surface area contributed by atoms with Gasteiger partial charge in [-0.3, -0.25) is 0 Å². The molecular weight excluding hydrogens is 193 g/mol. The lowest BCUT2D eigenvalue weighted by Crippen LogP contribution is -2.08. The van der Waals surface area contributed by atoms with Crippen LogP contribution in [0.5, 0.6) is 0 Å². The van der Waals surface area contributed by atoms with Crippen molar-refractivity contribution in [1.29, 1.82) is 0 Å². The maximum Gasteiger partial charge on any atom is 0.0424 e. The average Bonchev–Trinajstić information content (AvgIpc) is 2.01. The number of benzene rings is 1. The van der Waals surface area contributed by atoms with E-state index in [1.807, 2.05) is 19.1 Å². The maximum absolute atomic E-state index is 5.81. The van der Waals surface area contributed by atoms with Gasteiger partial charge in [0.05, 0.1) is 0 Å². The van der Waals surface area contributed by atoms with Gasteiger partial charge in [0, 0.05) is 16.1 Å². The summed E-state index contributed by atoms with van der Waals surface area (Å²) in [6.45, 7) is 2.03. The second-order valence-corrected chi connectivity index (χ2v) is 3.59. The van der Waals surface area contributed by atoms with Crippen LogP contribution in [0.15, 0.2) is 18.2 Å². The van der Waals surface area contributed by atoms with E-state index < -0.39 is 0 Å². The molecule has 0 saturated heterocycles. The van der Waals surface area contributed by atoms with Crippen LogP contribution in [0.1, 0.15) is 24.9 Å². The maximum atomic E-state index is 5.81. The van der Waals surface area contributed by atoms with Gasteiger partial charge in [-0.05, 0) is 30.2 Å². The fourth-order valence-electron chi connectivity index (χ4n) is 1.02. The summed E-state index contributed by atoms with van der Waals surface area (Å²) in [5, 5.41) is 1.28. The van der Waals surface area contributed by atoms with Crippen LogP contribution in [-0.4, -0.2) is 0 Å². The zero-order valence-electron chi connectivity index (χ0n) is 6.85. The van der Waals surface area contributed by atoms with E-state index in [2.05, 4.69) is 0 Å². The van der Waals surface area contributed by atoms with Gasteiger partial charge in [0.15, 0.2) is 0 Å². The van der Waals surface area contributed by atoms with E-state index in [0.717, 1.165) is 12.0 Å². The summed E-state index contributed by atoms with van der Waals surface area (Å²) in [5.41, 5.74) is 6.81. The first-order valence-electron chi connectivity index (χ1n) is 3.85. The van der Waals surface area contributed by atoms with Gasteiger partial charge < -0.3 is 5.73 Å². The molecule has 0 aliphatic rings. The molecule has 0 fully saturated rings. The molecule has 3 heteroatoms. The van der Waals surface area contributed by atoms with Gasteiger partial charge in [0.1, 0.15) is 0 Å². The Morgan fingerprint density at radius 2 is 1.75 bits per heavy atom. The van der Waals surface area contributed by atoms with Crippen molar-refractivity contribution in [3.63, 3.8) is 0 Å². The molecule has 2 N–H and O–H groups in total. The first-order valence-corrected chi connectivity index (χ1v) is 4.60. The molecule has 0 radical (unpaired) electrons. The van der Waals surface area contributed by atoms with E-state index in [-0.39, 0.29) is 6.04 Å².